The van der Waals surface area contributed by atoms with Crippen LogP contribution in [0.1, 0.15) is 16.8 Å². The summed E-state index contributed by atoms with van der Waals surface area (Å²) in [4.78, 5) is 18.7. The number of benzene rings is 2. The Labute approximate surface area is 203 Å². The smallest absolute Gasteiger partial charge is 0.256 e. The van der Waals surface area contributed by atoms with E-state index in [0.29, 0.717) is 22.4 Å². The van der Waals surface area contributed by atoms with Gasteiger partial charge in [-0.2, -0.15) is 0 Å². The van der Waals surface area contributed by atoms with E-state index in [0.717, 1.165) is 12.1 Å². The number of carbonyl (C=O) groups excluding carboxylic acids is 1. The molecule has 0 saturated carbocycles. The molecular formula is C23H22F3IN4O2. The van der Waals surface area contributed by atoms with Crippen molar-refractivity contribution in [3.63, 3.8) is 0 Å². The Morgan fingerprint density at radius 2 is 1.88 bits per heavy atom. The molecule has 0 fully saturated rings. The molecule has 3 aromatic rings. The average Bonchev–Trinajstić information content (AvgIpc) is 2.81. The Balaban J connectivity index is 1.78. The van der Waals surface area contributed by atoms with Crippen LogP contribution in [0.5, 0.6) is 0 Å². The highest BCUT2D eigenvalue weighted by atomic mass is 127. The number of anilines is 3. The van der Waals surface area contributed by atoms with E-state index >= 15 is 0 Å². The zero-order valence-corrected chi connectivity index (χ0v) is 19.7. The predicted molar refractivity (Wildman–Crippen MR) is 129 cm³/mol. The molecule has 3 N–H and O–H groups in total. The fourth-order valence-corrected chi connectivity index (χ4v) is 3.59. The number of nitrogens with one attached hydrogen (secondary N) is 2. The van der Waals surface area contributed by atoms with Gasteiger partial charge in [-0.25, -0.2) is 18.2 Å². The fraction of sp³-hybridized carbons (Fsp3) is 0.217. The lowest BCUT2D eigenvalue weighted by atomic mass is 10.1. The van der Waals surface area contributed by atoms with Crippen molar-refractivity contribution < 1.29 is 23.1 Å². The van der Waals surface area contributed by atoms with E-state index in [1.807, 2.05) is 28.7 Å². The van der Waals surface area contributed by atoms with Crippen molar-refractivity contribution in [1.82, 2.24) is 9.88 Å². The van der Waals surface area contributed by atoms with Gasteiger partial charge in [0, 0.05) is 29.4 Å². The third-order valence-corrected chi connectivity index (χ3v) is 5.42. The van der Waals surface area contributed by atoms with Crippen molar-refractivity contribution in [1.29, 1.82) is 0 Å². The average molecular weight is 570 g/mol. The summed E-state index contributed by atoms with van der Waals surface area (Å²) in [5.41, 5.74) is -0.727. The number of aliphatic hydroxyl groups excluding tert-OH is 1. The molecule has 10 heteroatoms. The molecule has 3 rings (SSSR count). The Bertz CT molecular complexity index is 1100. The summed E-state index contributed by atoms with van der Waals surface area (Å²) in [6, 6.07) is 11.6. The minimum absolute atomic E-state index is 0.00124. The summed E-state index contributed by atoms with van der Waals surface area (Å²) in [5.74, 6) is -3.07. The monoisotopic (exact) mass is 570 g/mol. The summed E-state index contributed by atoms with van der Waals surface area (Å²) in [7, 11) is 0. The number of aliphatic hydroxyl groups is 1. The number of amides is 1. The van der Waals surface area contributed by atoms with Gasteiger partial charge < -0.3 is 20.6 Å². The molecule has 0 aliphatic rings. The number of rotatable bonds is 10. The van der Waals surface area contributed by atoms with Crippen LogP contribution < -0.4 is 10.6 Å². The van der Waals surface area contributed by atoms with Gasteiger partial charge in [-0.3, -0.25) is 4.79 Å². The lowest BCUT2D eigenvalue weighted by Gasteiger charge is -2.24. The van der Waals surface area contributed by atoms with Gasteiger partial charge in [-0.05, 0) is 71.5 Å². The van der Waals surface area contributed by atoms with Crippen molar-refractivity contribution in [2.24, 2.45) is 0 Å². The van der Waals surface area contributed by atoms with E-state index in [1.165, 1.54) is 17.0 Å². The van der Waals surface area contributed by atoms with E-state index < -0.39 is 29.0 Å². The zero-order valence-electron chi connectivity index (χ0n) is 17.5. The second-order valence-electron chi connectivity index (χ2n) is 7.04. The molecule has 0 unspecified atom stereocenters. The molecule has 0 saturated heterocycles. The van der Waals surface area contributed by atoms with Gasteiger partial charge in [0.15, 0.2) is 11.6 Å². The second-order valence-corrected chi connectivity index (χ2v) is 8.29. The minimum atomic E-state index is -1.29. The first-order valence-corrected chi connectivity index (χ1v) is 11.2. The number of halogens is 4. The quantitative estimate of drug-likeness (QED) is 0.242. The highest BCUT2D eigenvalue weighted by molar-refractivity contribution is 14.1. The zero-order chi connectivity index (χ0) is 23.8. The fourth-order valence-electron chi connectivity index (χ4n) is 3.14. The first kappa shape index (κ1) is 24.8. The lowest BCUT2D eigenvalue weighted by molar-refractivity contribution is 0.0722. The molecule has 0 radical (unpaired) electrons. The Hall–Kier alpha value is -2.86. The molecule has 0 aliphatic carbocycles. The maximum atomic E-state index is 14.7. The first-order valence-electron chi connectivity index (χ1n) is 10.2. The lowest BCUT2D eigenvalue weighted by Crippen LogP contribution is -2.35. The largest absolute Gasteiger partial charge is 0.395 e. The number of hydrogen-bond donors (Lipinski definition) is 3. The summed E-state index contributed by atoms with van der Waals surface area (Å²) in [5, 5.41) is 15.0. The molecule has 0 atom stereocenters. The van der Waals surface area contributed by atoms with Crippen LogP contribution in [-0.4, -0.2) is 47.1 Å². The predicted octanol–water partition coefficient (Wildman–Crippen LogP) is 4.78. The second kappa shape index (κ2) is 11.8. The van der Waals surface area contributed by atoms with E-state index in [2.05, 4.69) is 15.6 Å². The van der Waals surface area contributed by atoms with E-state index in [9.17, 15) is 23.1 Å². The standard InChI is InChI=1S/C23H22F3IN4O2/c24-17-7-6-16(22(21(17)26)30-19-8-5-15(27)14-18(19)25)23(33)31(12-13-32)11-3-10-29-20-4-1-2-9-28-20/h1-2,4-9,14,30,32H,3,10-13H2,(H,28,29). The van der Waals surface area contributed by atoms with Gasteiger partial charge in [-0.1, -0.05) is 6.07 Å². The van der Waals surface area contributed by atoms with Crippen LogP contribution in [0, 0.1) is 21.0 Å². The van der Waals surface area contributed by atoms with Crippen LogP contribution in [-0.2, 0) is 0 Å². The number of carbonyl (C=O) groups is 1. The summed E-state index contributed by atoms with van der Waals surface area (Å²) >= 11 is 1.92. The Kier molecular flexibility index (Phi) is 8.89. The molecule has 0 aliphatic heterocycles. The van der Waals surface area contributed by atoms with Crippen molar-refractivity contribution in [2.75, 3.05) is 36.9 Å². The number of aromatic nitrogens is 1. The Morgan fingerprint density at radius 1 is 1.06 bits per heavy atom. The van der Waals surface area contributed by atoms with Gasteiger partial charge in [-0.15, -0.1) is 0 Å². The third kappa shape index (κ3) is 6.57. The number of hydrogen-bond acceptors (Lipinski definition) is 5. The molecule has 1 amide bonds. The molecule has 0 bridgehead atoms. The number of pyridine rings is 1. The van der Waals surface area contributed by atoms with Gasteiger partial charge in [0.1, 0.15) is 11.6 Å². The summed E-state index contributed by atoms with van der Waals surface area (Å²) < 4.78 is 43.6. The van der Waals surface area contributed by atoms with Crippen LogP contribution in [0.25, 0.3) is 0 Å². The first-order chi connectivity index (χ1) is 15.9. The van der Waals surface area contributed by atoms with Crippen molar-refractivity contribution in [2.45, 2.75) is 6.42 Å². The van der Waals surface area contributed by atoms with Gasteiger partial charge in [0.25, 0.3) is 5.91 Å². The molecule has 1 aromatic heterocycles. The Morgan fingerprint density at radius 3 is 2.58 bits per heavy atom. The van der Waals surface area contributed by atoms with Crippen molar-refractivity contribution >= 4 is 45.7 Å². The number of nitrogens with zero attached hydrogens (tertiary/aromatic N) is 2. The maximum Gasteiger partial charge on any atom is 0.256 e. The molecule has 2 aromatic carbocycles. The maximum absolute atomic E-state index is 14.7. The SMILES string of the molecule is O=C(c1ccc(F)c(F)c1Nc1ccc(I)cc1F)N(CCO)CCCNc1ccccn1. The van der Waals surface area contributed by atoms with Gasteiger partial charge >= 0.3 is 0 Å². The highest BCUT2D eigenvalue weighted by Gasteiger charge is 2.24. The minimum Gasteiger partial charge on any atom is -0.395 e. The van der Waals surface area contributed by atoms with Crippen LogP contribution in [0.2, 0.25) is 0 Å². The van der Waals surface area contributed by atoms with Crippen LogP contribution in [0.15, 0.2) is 54.7 Å². The summed E-state index contributed by atoms with van der Waals surface area (Å²) in [6.45, 7) is 0.439. The van der Waals surface area contributed by atoms with Gasteiger partial charge in [0.05, 0.1) is 23.5 Å². The summed E-state index contributed by atoms with van der Waals surface area (Å²) in [6.07, 6.45) is 2.17. The van der Waals surface area contributed by atoms with Crippen molar-refractivity contribution in [3.05, 3.63) is 81.3 Å². The van der Waals surface area contributed by atoms with Crippen LogP contribution >= 0.6 is 22.6 Å². The van der Waals surface area contributed by atoms with E-state index in [-0.39, 0.29) is 30.9 Å². The normalized spacial score (nSPS) is 10.7. The third-order valence-electron chi connectivity index (χ3n) is 4.75. The van der Waals surface area contributed by atoms with Crippen LogP contribution in [0.3, 0.4) is 0 Å². The van der Waals surface area contributed by atoms with E-state index in [4.69, 9.17) is 0 Å². The molecule has 33 heavy (non-hydrogen) atoms. The molecule has 174 valence electrons. The molecular weight excluding hydrogens is 548 g/mol. The topological polar surface area (TPSA) is 77.5 Å². The molecule has 6 nitrogen and oxygen atoms in total. The highest BCUT2D eigenvalue weighted by Crippen LogP contribution is 2.29. The van der Waals surface area contributed by atoms with Crippen molar-refractivity contribution in [3.8, 4) is 0 Å². The van der Waals surface area contributed by atoms with Crippen LogP contribution in [0.4, 0.5) is 30.4 Å². The molecule has 0 spiro atoms. The van der Waals surface area contributed by atoms with E-state index in [1.54, 1.807) is 24.4 Å². The van der Waals surface area contributed by atoms with Gasteiger partial charge in [0.2, 0.25) is 0 Å². The molecule has 1 heterocycles.